The number of carbonyl (C=O) groups is 1. The van der Waals surface area contributed by atoms with Gasteiger partial charge in [-0.15, -0.1) is 0 Å². The van der Waals surface area contributed by atoms with Crippen LogP contribution in [0.25, 0.3) is 0 Å². The Morgan fingerprint density at radius 3 is 2.86 bits per heavy atom. The topological polar surface area (TPSA) is 114 Å². The fourth-order valence-corrected chi connectivity index (χ4v) is 1.75. The maximum Gasteiger partial charge on any atom is 0.221 e. The zero-order chi connectivity index (χ0) is 15.1. The molecule has 8 nitrogen and oxygen atoms in total. The van der Waals surface area contributed by atoms with Gasteiger partial charge in [-0.2, -0.15) is 0 Å². The number of hydrogen-bond acceptors (Lipinski definition) is 7. The number of nitrogens with two attached hydrogens (primary N) is 1. The number of ether oxygens (including phenoxy) is 1. The van der Waals surface area contributed by atoms with Crippen LogP contribution in [0.3, 0.4) is 0 Å². The van der Waals surface area contributed by atoms with E-state index >= 15 is 0 Å². The molecule has 0 spiro atoms. The molecular formula is C13H22N6O2. The van der Waals surface area contributed by atoms with E-state index < -0.39 is 0 Å². The summed E-state index contributed by atoms with van der Waals surface area (Å²) in [7, 11) is 0. The molecule has 1 fully saturated rings. The molecule has 0 bridgehead atoms. The molecule has 5 N–H and O–H groups in total. The fourth-order valence-electron chi connectivity index (χ4n) is 1.75. The lowest BCUT2D eigenvalue weighted by Gasteiger charge is -2.10. The second-order valence-electron chi connectivity index (χ2n) is 4.85. The zero-order valence-corrected chi connectivity index (χ0v) is 12.2. The Balaban J connectivity index is 1.83. The predicted octanol–water partition coefficient (Wildman–Crippen LogP) is 0.379. The number of nitrogens with zero attached hydrogens (tertiary/aromatic N) is 2. The number of nitrogen functional groups attached to an aromatic ring is 1. The van der Waals surface area contributed by atoms with Crippen molar-refractivity contribution in [3.05, 3.63) is 11.9 Å². The Labute approximate surface area is 123 Å². The lowest BCUT2D eigenvalue weighted by Crippen LogP contribution is -2.27. The van der Waals surface area contributed by atoms with E-state index in [1.807, 2.05) is 6.92 Å². The van der Waals surface area contributed by atoms with Crippen molar-refractivity contribution < 1.29 is 9.53 Å². The molecule has 0 radical (unpaired) electrons. The maximum atomic E-state index is 11.6. The molecule has 1 aromatic rings. The van der Waals surface area contributed by atoms with Crippen molar-refractivity contribution in [1.29, 1.82) is 0 Å². The van der Waals surface area contributed by atoms with Crippen molar-refractivity contribution in [3.8, 4) is 0 Å². The highest BCUT2D eigenvalue weighted by Crippen LogP contribution is 2.18. The van der Waals surface area contributed by atoms with Crippen LogP contribution >= 0.6 is 0 Å². The minimum atomic E-state index is 0.0609. The van der Waals surface area contributed by atoms with Crippen LogP contribution in [0.15, 0.2) is 6.07 Å². The number of carbonyl (C=O) groups excluding carboxylic acids is 1. The van der Waals surface area contributed by atoms with E-state index in [2.05, 4.69) is 26.0 Å². The molecule has 0 saturated heterocycles. The average Bonchev–Trinajstić information content (AvgIpc) is 3.28. The van der Waals surface area contributed by atoms with Gasteiger partial charge in [0.05, 0.1) is 0 Å². The van der Waals surface area contributed by atoms with Crippen LogP contribution in [0.1, 0.15) is 32.0 Å². The molecule has 0 atom stereocenters. The Morgan fingerprint density at radius 1 is 1.43 bits per heavy atom. The highest BCUT2D eigenvalue weighted by molar-refractivity contribution is 5.77. The van der Waals surface area contributed by atoms with Crippen LogP contribution < -0.4 is 21.9 Å². The lowest BCUT2D eigenvalue weighted by atomic mass is 10.4. The molecule has 1 heterocycles. The summed E-state index contributed by atoms with van der Waals surface area (Å²) in [6, 6.07) is 2.08. The normalized spacial score (nSPS) is 13.8. The van der Waals surface area contributed by atoms with Gasteiger partial charge in [0.25, 0.3) is 0 Å². The fraction of sp³-hybridized carbons (Fsp3) is 0.615. The minimum absolute atomic E-state index is 0.0609. The van der Waals surface area contributed by atoms with Crippen molar-refractivity contribution in [2.45, 2.75) is 38.8 Å². The highest BCUT2D eigenvalue weighted by Gasteiger charge is 2.22. The first-order valence-corrected chi connectivity index (χ1v) is 7.16. The summed E-state index contributed by atoms with van der Waals surface area (Å²) >= 11 is 0. The summed E-state index contributed by atoms with van der Waals surface area (Å²) in [5.41, 5.74) is 2.49. The van der Waals surface area contributed by atoms with E-state index in [0.29, 0.717) is 49.7 Å². The van der Waals surface area contributed by atoms with Gasteiger partial charge in [0.2, 0.25) is 5.91 Å². The average molecular weight is 294 g/mol. The van der Waals surface area contributed by atoms with Crippen LogP contribution in [0.4, 0.5) is 11.6 Å². The molecular weight excluding hydrogens is 272 g/mol. The number of rotatable bonds is 9. The molecule has 8 heteroatoms. The molecule has 1 saturated carbocycles. The van der Waals surface area contributed by atoms with E-state index in [1.54, 1.807) is 6.07 Å². The first-order chi connectivity index (χ1) is 10.2. The van der Waals surface area contributed by atoms with E-state index in [0.717, 1.165) is 12.8 Å². The van der Waals surface area contributed by atoms with E-state index in [-0.39, 0.29) is 5.91 Å². The largest absolute Gasteiger partial charge is 0.374 e. The Bertz CT molecular complexity index is 478. The van der Waals surface area contributed by atoms with Gasteiger partial charge in [0, 0.05) is 31.7 Å². The van der Waals surface area contributed by atoms with Gasteiger partial charge < -0.3 is 20.8 Å². The minimum Gasteiger partial charge on any atom is -0.374 e. The van der Waals surface area contributed by atoms with Gasteiger partial charge in [-0.25, -0.2) is 15.8 Å². The van der Waals surface area contributed by atoms with Crippen molar-refractivity contribution in [1.82, 2.24) is 15.3 Å². The van der Waals surface area contributed by atoms with Crippen LogP contribution in [-0.2, 0) is 16.1 Å². The van der Waals surface area contributed by atoms with Gasteiger partial charge in [-0.05, 0) is 19.8 Å². The number of anilines is 2. The van der Waals surface area contributed by atoms with Crippen molar-refractivity contribution in [3.63, 3.8) is 0 Å². The van der Waals surface area contributed by atoms with Crippen molar-refractivity contribution >= 4 is 17.5 Å². The lowest BCUT2D eigenvalue weighted by molar-refractivity contribution is -0.120. The molecule has 116 valence electrons. The number of aromatic nitrogens is 2. The molecule has 1 aliphatic carbocycles. The highest BCUT2D eigenvalue weighted by atomic mass is 16.5. The third kappa shape index (κ3) is 5.52. The molecule has 2 rings (SSSR count). The van der Waals surface area contributed by atoms with Gasteiger partial charge in [-0.1, -0.05) is 0 Å². The summed E-state index contributed by atoms with van der Waals surface area (Å²) in [5, 5.41) is 6.04. The summed E-state index contributed by atoms with van der Waals surface area (Å²) in [6.07, 6.45) is 2.60. The first-order valence-electron chi connectivity index (χ1n) is 7.16. The third-order valence-electron chi connectivity index (χ3n) is 2.96. The van der Waals surface area contributed by atoms with Crippen molar-refractivity contribution in [2.75, 3.05) is 23.9 Å². The summed E-state index contributed by atoms with van der Waals surface area (Å²) in [4.78, 5) is 20.1. The maximum absolute atomic E-state index is 11.6. The number of hydrogen-bond donors (Lipinski definition) is 4. The van der Waals surface area contributed by atoms with Gasteiger partial charge >= 0.3 is 0 Å². The molecule has 1 aliphatic rings. The standard InChI is InChI=1S/C13H22N6O2/c1-2-21-8-12-17-10(7-11(18-12)19-14)15-6-5-13(20)16-9-3-4-9/h7,9H,2-6,8,14H2,1H3,(H,16,20)(H2,15,17,18,19). The second kappa shape index (κ2) is 7.75. The Kier molecular flexibility index (Phi) is 5.70. The van der Waals surface area contributed by atoms with Crippen LogP contribution in [-0.4, -0.2) is 35.1 Å². The molecule has 1 aromatic heterocycles. The van der Waals surface area contributed by atoms with Gasteiger partial charge in [-0.3, -0.25) is 4.79 Å². The van der Waals surface area contributed by atoms with E-state index in [1.165, 1.54) is 0 Å². The summed E-state index contributed by atoms with van der Waals surface area (Å²) < 4.78 is 5.28. The summed E-state index contributed by atoms with van der Waals surface area (Å²) in [6.45, 7) is 3.33. The van der Waals surface area contributed by atoms with Crippen molar-refractivity contribution in [2.24, 2.45) is 5.84 Å². The molecule has 1 amide bonds. The third-order valence-corrected chi connectivity index (χ3v) is 2.96. The van der Waals surface area contributed by atoms with Crippen LogP contribution in [0.5, 0.6) is 0 Å². The molecule has 0 unspecified atom stereocenters. The molecule has 0 aliphatic heterocycles. The van der Waals surface area contributed by atoms with E-state index in [9.17, 15) is 4.79 Å². The molecule has 21 heavy (non-hydrogen) atoms. The second-order valence-corrected chi connectivity index (χ2v) is 4.85. The SMILES string of the molecule is CCOCc1nc(NN)cc(NCCC(=O)NC2CC2)n1. The Hall–Kier alpha value is -1.93. The quantitative estimate of drug-likeness (QED) is 0.384. The van der Waals surface area contributed by atoms with Crippen LogP contribution in [0.2, 0.25) is 0 Å². The number of amides is 1. The Morgan fingerprint density at radius 2 is 2.19 bits per heavy atom. The number of hydrazine groups is 1. The van der Waals surface area contributed by atoms with Gasteiger partial charge in [0.15, 0.2) is 5.82 Å². The summed E-state index contributed by atoms with van der Waals surface area (Å²) in [5.74, 6) is 7.10. The predicted molar refractivity (Wildman–Crippen MR) is 79.4 cm³/mol. The smallest absolute Gasteiger partial charge is 0.221 e. The molecule has 0 aromatic carbocycles. The number of nitrogens with one attached hydrogen (secondary N) is 3. The first kappa shape index (κ1) is 15.5. The zero-order valence-electron chi connectivity index (χ0n) is 12.2. The monoisotopic (exact) mass is 294 g/mol. The van der Waals surface area contributed by atoms with E-state index in [4.69, 9.17) is 10.6 Å². The van der Waals surface area contributed by atoms with Gasteiger partial charge in [0.1, 0.15) is 18.2 Å². The van der Waals surface area contributed by atoms with Crippen LogP contribution in [0, 0.1) is 0 Å².